The molecule has 0 aromatic rings. The summed E-state index contributed by atoms with van der Waals surface area (Å²) in [6.07, 6.45) is 7.85. The Balaban J connectivity index is 2.00. The van der Waals surface area contributed by atoms with Crippen molar-refractivity contribution in [3.63, 3.8) is 0 Å². The Labute approximate surface area is 136 Å². The second-order valence-corrected chi connectivity index (χ2v) is 6.31. The minimum Gasteiger partial charge on any atom is -0.382 e. The lowest BCUT2D eigenvalue weighted by Crippen LogP contribution is -2.39. The molecule has 1 fully saturated rings. The fourth-order valence-corrected chi connectivity index (χ4v) is 3.06. The zero-order valence-corrected chi connectivity index (χ0v) is 14.7. The number of aliphatic imine (C=N–C) groups is 1. The highest BCUT2D eigenvalue weighted by Gasteiger charge is 2.18. The number of hydrogen-bond acceptors (Lipinski definition) is 3. The van der Waals surface area contributed by atoms with Gasteiger partial charge in [0, 0.05) is 33.9 Å². The molecule has 0 amide bonds. The van der Waals surface area contributed by atoms with Crippen molar-refractivity contribution in [3.05, 3.63) is 0 Å². The first kappa shape index (κ1) is 19.2. The van der Waals surface area contributed by atoms with Crippen LogP contribution < -0.4 is 10.6 Å². The van der Waals surface area contributed by atoms with Crippen molar-refractivity contribution in [1.82, 2.24) is 10.6 Å². The van der Waals surface area contributed by atoms with Gasteiger partial charge in [-0.2, -0.15) is 0 Å². The van der Waals surface area contributed by atoms with E-state index in [0.717, 1.165) is 43.9 Å². The van der Waals surface area contributed by atoms with E-state index < -0.39 is 0 Å². The zero-order valence-electron chi connectivity index (χ0n) is 14.7. The minimum absolute atomic E-state index is 0.663. The molecule has 0 heterocycles. The molecule has 0 aromatic carbocycles. The molecule has 5 heteroatoms. The number of hydrogen-bond donors (Lipinski definition) is 2. The molecule has 1 saturated carbocycles. The van der Waals surface area contributed by atoms with Crippen LogP contribution in [0.1, 0.15) is 45.4 Å². The number of nitrogens with one attached hydrogen (secondary N) is 2. The summed E-state index contributed by atoms with van der Waals surface area (Å²) >= 11 is 0. The van der Waals surface area contributed by atoms with Crippen molar-refractivity contribution in [2.75, 3.05) is 47.1 Å². The van der Waals surface area contributed by atoms with Gasteiger partial charge in [0.05, 0.1) is 13.2 Å². The number of methoxy groups -OCH3 is 1. The molecule has 1 rings (SSSR count). The predicted molar refractivity (Wildman–Crippen MR) is 92.4 cm³/mol. The molecule has 5 nitrogen and oxygen atoms in total. The molecule has 1 aliphatic rings. The Kier molecular flexibility index (Phi) is 11.1. The quantitative estimate of drug-likeness (QED) is 0.369. The maximum atomic E-state index is 5.43. The van der Waals surface area contributed by atoms with E-state index in [-0.39, 0.29) is 0 Å². The lowest BCUT2D eigenvalue weighted by Gasteiger charge is -2.26. The van der Waals surface area contributed by atoms with Gasteiger partial charge in [0.15, 0.2) is 5.96 Å². The van der Waals surface area contributed by atoms with E-state index in [2.05, 4.69) is 22.5 Å². The summed E-state index contributed by atoms with van der Waals surface area (Å²) in [5, 5.41) is 6.76. The lowest BCUT2D eigenvalue weighted by atomic mass is 9.81. The third-order valence-electron chi connectivity index (χ3n) is 4.30. The lowest BCUT2D eigenvalue weighted by molar-refractivity contribution is 0.0698. The Bertz CT molecular complexity index is 298. The molecule has 1 aliphatic carbocycles. The summed E-state index contributed by atoms with van der Waals surface area (Å²) < 4.78 is 10.4. The van der Waals surface area contributed by atoms with Gasteiger partial charge in [-0.1, -0.05) is 26.2 Å². The first-order valence-electron chi connectivity index (χ1n) is 8.77. The van der Waals surface area contributed by atoms with Gasteiger partial charge < -0.3 is 20.1 Å². The largest absolute Gasteiger partial charge is 0.382 e. The van der Waals surface area contributed by atoms with Gasteiger partial charge in [-0.15, -0.1) is 0 Å². The smallest absolute Gasteiger partial charge is 0.190 e. The molecule has 0 bridgehead atoms. The maximum absolute atomic E-state index is 5.43. The molecule has 2 unspecified atom stereocenters. The van der Waals surface area contributed by atoms with Crippen molar-refractivity contribution in [3.8, 4) is 0 Å². The van der Waals surface area contributed by atoms with E-state index in [1.807, 2.05) is 7.05 Å². The van der Waals surface area contributed by atoms with Crippen molar-refractivity contribution < 1.29 is 9.47 Å². The normalized spacial score (nSPS) is 22.6. The van der Waals surface area contributed by atoms with E-state index >= 15 is 0 Å². The second kappa shape index (κ2) is 12.7. The van der Waals surface area contributed by atoms with E-state index in [1.54, 1.807) is 7.11 Å². The summed E-state index contributed by atoms with van der Waals surface area (Å²) in [7, 11) is 3.52. The highest BCUT2D eigenvalue weighted by molar-refractivity contribution is 5.79. The zero-order chi connectivity index (χ0) is 16.0. The molecule has 0 saturated heterocycles. The summed E-state index contributed by atoms with van der Waals surface area (Å²) in [6.45, 7) is 6.37. The van der Waals surface area contributed by atoms with Crippen LogP contribution in [0.3, 0.4) is 0 Å². The van der Waals surface area contributed by atoms with Crippen LogP contribution >= 0.6 is 0 Å². The van der Waals surface area contributed by atoms with E-state index in [0.29, 0.717) is 13.2 Å². The van der Waals surface area contributed by atoms with Crippen molar-refractivity contribution in [2.24, 2.45) is 16.8 Å². The van der Waals surface area contributed by atoms with Crippen LogP contribution in [0.4, 0.5) is 0 Å². The average Bonchev–Trinajstić information content (AvgIpc) is 2.52. The summed E-state index contributed by atoms with van der Waals surface area (Å²) in [5.74, 6) is 2.71. The molecule has 130 valence electrons. The molecule has 22 heavy (non-hydrogen) atoms. The van der Waals surface area contributed by atoms with Gasteiger partial charge in [-0.3, -0.25) is 4.99 Å². The van der Waals surface area contributed by atoms with Crippen LogP contribution in [0.25, 0.3) is 0 Å². The molecule has 0 radical (unpaired) electrons. The van der Waals surface area contributed by atoms with Gasteiger partial charge in [0.2, 0.25) is 0 Å². The molecule has 0 aliphatic heterocycles. The topological polar surface area (TPSA) is 54.9 Å². The minimum atomic E-state index is 0.663. The molecule has 0 aromatic heterocycles. The van der Waals surface area contributed by atoms with Crippen LogP contribution in [0.2, 0.25) is 0 Å². The van der Waals surface area contributed by atoms with Gasteiger partial charge in [-0.25, -0.2) is 0 Å². The summed E-state index contributed by atoms with van der Waals surface area (Å²) in [6, 6.07) is 0. The third kappa shape index (κ3) is 9.26. The predicted octanol–water partition coefficient (Wildman–Crippen LogP) is 2.42. The van der Waals surface area contributed by atoms with Gasteiger partial charge in [0.1, 0.15) is 0 Å². The maximum Gasteiger partial charge on any atom is 0.190 e. The second-order valence-electron chi connectivity index (χ2n) is 6.31. The van der Waals surface area contributed by atoms with E-state index in [1.165, 1.54) is 32.1 Å². The first-order valence-corrected chi connectivity index (χ1v) is 8.77. The fraction of sp³-hybridized carbons (Fsp3) is 0.941. The van der Waals surface area contributed by atoms with Crippen LogP contribution in [0.15, 0.2) is 4.99 Å². The molecule has 0 spiro atoms. The highest BCUT2D eigenvalue weighted by atomic mass is 16.5. The Morgan fingerprint density at radius 2 is 1.95 bits per heavy atom. The Morgan fingerprint density at radius 3 is 2.68 bits per heavy atom. The van der Waals surface area contributed by atoms with Crippen LogP contribution in [-0.4, -0.2) is 53.0 Å². The van der Waals surface area contributed by atoms with Gasteiger partial charge in [0.25, 0.3) is 0 Å². The van der Waals surface area contributed by atoms with Crippen LogP contribution in [0.5, 0.6) is 0 Å². The number of guanidine groups is 1. The SMILES string of the molecule is CN=C(NCCCOCCOC)NCCC1CCCC(C)C1. The molecule has 2 atom stereocenters. The monoisotopic (exact) mass is 313 g/mol. The number of ether oxygens (including phenoxy) is 2. The van der Waals surface area contributed by atoms with Gasteiger partial charge in [-0.05, 0) is 31.1 Å². The Hall–Kier alpha value is -0.810. The van der Waals surface area contributed by atoms with Gasteiger partial charge >= 0.3 is 0 Å². The van der Waals surface area contributed by atoms with E-state index in [4.69, 9.17) is 9.47 Å². The Morgan fingerprint density at radius 1 is 1.14 bits per heavy atom. The van der Waals surface area contributed by atoms with Crippen LogP contribution in [0, 0.1) is 11.8 Å². The van der Waals surface area contributed by atoms with Crippen molar-refractivity contribution in [1.29, 1.82) is 0 Å². The van der Waals surface area contributed by atoms with Crippen molar-refractivity contribution in [2.45, 2.75) is 45.4 Å². The number of rotatable bonds is 10. The van der Waals surface area contributed by atoms with E-state index in [9.17, 15) is 0 Å². The number of nitrogens with zero attached hydrogens (tertiary/aromatic N) is 1. The molecular formula is C17H35N3O2. The summed E-state index contributed by atoms with van der Waals surface area (Å²) in [5.41, 5.74) is 0. The average molecular weight is 313 g/mol. The molecular weight excluding hydrogens is 278 g/mol. The van der Waals surface area contributed by atoms with Crippen LogP contribution in [-0.2, 0) is 9.47 Å². The fourth-order valence-electron chi connectivity index (χ4n) is 3.06. The first-order chi connectivity index (χ1) is 10.8. The molecule has 2 N–H and O–H groups in total. The third-order valence-corrected chi connectivity index (χ3v) is 4.30. The van der Waals surface area contributed by atoms with Crippen molar-refractivity contribution >= 4 is 5.96 Å². The summed E-state index contributed by atoms with van der Waals surface area (Å²) in [4.78, 5) is 4.27. The highest BCUT2D eigenvalue weighted by Crippen LogP contribution is 2.30. The standard InChI is InChI=1S/C17H35N3O2/c1-15-6-4-7-16(14-15)8-10-20-17(18-2)19-9-5-11-22-13-12-21-3/h15-16H,4-14H2,1-3H3,(H2,18,19,20).